The van der Waals surface area contributed by atoms with Gasteiger partial charge in [-0.1, -0.05) is 19.3 Å². The number of carbonyl (C=O) groups excluding carboxylic acids is 1. The Labute approximate surface area is 115 Å². The van der Waals surface area contributed by atoms with Gasteiger partial charge in [0.05, 0.1) is 10.2 Å². The van der Waals surface area contributed by atoms with Crippen molar-refractivity contribution in [2.24, 2.45) is 0 Å². The summed E-state index contributed by atoms with van der Waals surface area (Å²) in [5.74, 6) is 0.256. The smallest absolute Gasteiger partial charge is 0.227 e. The number of likely N-dealkylation sites (N-methyl/N-ethyl adjacent to an activating group) is 1. The normalized spacial score (nSPS) is 17.1. The molecule has 94 valence electrons. The lowest BCUT2D eigenvalue weighted by molar-refractivity contribution is -0.131. The fourth-order valence-electron chi connectivity index (χ4n) is 2.39. The molecule has 1 aliphatic carbocycles. The lowest BCUT2D eigenvalue weighted by Crippen LogP contribution is -2.39. The number of rotatable bonds is 3. The van der Waals surface area contributed by atoms with Gasteiger partial charge in [-0.25, -0.2) is 0 Å². The molecule has 1 aromatic rings. The van der Waals surface area contributed by atoms with Gasteiger partial charge in [-0.05, 0) is 40.9 Å². The zero-order chi connectivity index (χ0) is 12.3. The van der Waals surface area contributed by atoms with Gasteiger partial charge in [0.15, 0.2) is 0 Å². The molecule has 0 atom stereocenters. The molecule has 2 nitrogen and oxygen atoms in total. The summed E-state index contributed by atoms with van der Waals surface area (Å²) in [7, 11) is 1.96. The van der Waals surface area contributed by atoms with E-state index in [9.17, 15) is 4.79 Å². The van der Waals surface area contributed by atoms with E-state index in [4.69, 9.17) is 0 Å². The maximum absolute atomic E-state index is 12.1. The number of hydrogen-bond acceptors (Lipinski definition) is 2. The Balaban J connectivity index is 1.90. The summed E-state index contributed by atoms with van der Waals surface area (Å²) in [5, 5.41) is 0. The standard InChI is InChI=1S/C13H18BrNOS/c1-15(10-5-3-2-4-6-10)13(16)9-11-7-8-12(14)17-11/h7-8,10H,2-6,9H2,1H3. The van der Waals surface area contributed by atoms with E-state index in [0.717, 1.165) is 8.66 Å². The van der Waals surface area contributed by atoms with E-state index in [1.54, 1.807) is 11.3 Å². The van der Waals surface area contributed by atoms with E-state index < -0.39 is 0 Å². The first-order valence-electron chi connectivity index (χ1n) is 6.16. The van der Waals surface area contributed by atoms with E-state index in [2.05, 4.69) is 15.9 Å². The molecule has 1 aliphatic rings. The second-order valence-electron chi connectivity index (χ2n) is 4.68. The quantitative estimate of drug-likeness (QED) is 0.829. The molecule has 1 aromatic heterocycles. The van der Waals surface area contributed by atoms with Gasteiger partial charge in [0.1, 0.15) is 0 Å². The summed E-state index contributed by atoms with van der Waals surface area (Å²) >= 11 is 5.08. The van der Waals surface area contributed by atoms with Gasteiger partial charge >= 0.3 is 0 Å². The minimum atomic E-state index is 0.256. The van der Waals surface area contributed by atoms with E-state index in [-0.39, 0.29) is 5.91 Å². The van der Waals surface area contributed by atoms with Crippen LogP contribution in [0.15, 0.2) is 15.9 Å². The lowest BCUT2D eigenvalue weighted by atomic mass is 9.94. The number of nitrogens with zero attached hydrogens (tertiary/aromatic N) is 1. The van der Waals surface area contributed by atoms with Crippen LogP contribution in [-0.4, -0.2) is 23.9 Å². The van der Waals surface area contributed by atoms with Gasteiger partial charge in [-0.15, -0.1) is 11.3 Å². The molecular formula is C13H18BrNOS. The Morgan fingerprint density at radius 1 is 1.41 bits per heavy atom. The van der Waals surface area contributed by atoms with Crippen molar-refractivity contribution in [2.75, 3.05) is 7.05 Å². The second-order valence-corrected chi connectivity index (χ2v) is 7.23. The van der Waals surface area contributed by atoms with Crippen LogP contribution in [0.2, 0.25) is 0 Å². The fraction of sp³-hybridized carbons (Fsp3) is 0.615. The van der Waals surface area contributed by atoms with Crippen LogP contribution in [0.25, 0.3) is 0 Å². The molecule has 0 bridgehead atoms. The average molecular weight is 316 g/mol. The molecule has 1 fully saturated rings. The third-order valence-corrected chi connectivity index (χ3v) is 5.09. The highest BCUT2D eigenvalue weighted by molar-refractivity contribution is 9.11. The Bertz CT molecular complexity index is 385. The van der Waals surface area contributed by atoms with Gasteiger partial charge in [-0.3, -0.25) is 4.79 Å². The van der Waals surface area contributed by atoms with Crippen LogP contribution in [-0.2, 0) is 11.2 Å². The monoisotopic (exact) mass is 315 g/mol. The Morgan fingerprint density at radius 2 is 2.12 bits per heavy atom. The molecule has 17 heavy (non-hydrogen) atoms. The third-order valence-electron chi connectivity index (χ3n) is 3.47. The maximum Gasteiger partial charge on any atom is 0.227 e. The minimum absolute atomic E-state index is 0.256. The molecule has 0 radical (unpaired) electrons. The maximum atomic E-state index is 12.1. The summed E-state index contributed by atoms with van der Waals surface area (Å²) in [5.41, 5.74) is 0. The van der Waals surface area contributed by atoms with Crippen LogP contribution < -0.4 is 0 Å². The zero-order valence-corrected chi connectivity index (χ0v) is 12.5. The SMILES string of the molecule is CN(C(=O)Cc1ccc(Br)s1)C1CCCCC1. The van der Waals surface area contributed by atoms with Crippen LogP contribution in [0, 0.1) is 0 Å². The fourth-order valence-corrected chi connectivity index (χ4v) is 3.87. The van der Waals surface area contributed by atoms with Crippen LogP contribution in [0.5, 0.6) is 0 Å². The van der Waals surface area contributed by atoms with Crippen molar-refractivity contribution in [1.82, 2.24) is 4.90 Å². The Morgan fingerprint density at radius 3 is 2.71 bits per heavy atom. The average Bonchev–Trinajstić information content (AvgIpc) is 2.75. The lowest BCUT2D eigenvalue weighted by Gasteiger charge is -2.31. The van der Waals surface area contributed by atoms with Crippen molar-refractivity contribution in [3.63, 3.8) is 0 Å². The van der Waals surface area contributed by atoms with Crippen molar-refractivity contribution in [3.05, 3.63) is 20.8 Å². The Hall–Kier alpha value is -0.350. The Kier molecular flexibility index (Phi) is 4.62. The molecule has 2 rings (SSSR count). The molecule has 1 saturated carbocycles. The van der Waals surface area contributed by atoms with E-state index >= 15 is 0 Å². The van der Waals surface area contributed by atoms with E-state index in [0.29, 0.717) is 12.5 Å². The van der Waals surface area contributed by atoms with Gasteiger partial charge in [0.25, 0.3) is 0 Å². The summed E-state index contributed by atoms with van der Waals surface area (Å²) in [4.78, 5) is 15.2. The zero-order valence-electron chi connectivity index (χ0n) is 10.1. The van der Waals surface area contributed by atoms with E-state index in [1.165, 1.54) is 32.1 Å². The van der Waals surface area contributed by atoms with Crippen LogP contribution >= 0.6 is 27.3 Å². The summed E-state index contributed by atoms with van der Waals surface area (Å²) in [6.07, 6.45) is 6.77. The highest BCUT2D eigenvalue weighted by Crippen LogP contribution is 2.25. The predicted octanol–water partition coefficient (Wildman–Crippen LogP) is 3.84. The summed E-state index contributed by atoms with van der Waals surface area (Å²) in [6.45, 7) is 0. The summed E-state index contributed by atoms with van der Waals surface area (Å²) < 4.78 is 1.10. The summed E-state index contributed by atoms with van der Waals surface area (Å²) in [6, 6.07) is 4.51. The van der Waals surface area contributed by atoms with Crippen molar-refractivity contribution in [2.45, 2.75) is 44.6 Å². The first-order chi connectivity index (χ1) is 8.16. The highest BCUT2D eigenvalue weighted by atomic mass is 79.9. The topological polar surface area (TPSA) is 20.3 Å². The van der Waals surface area contributed by atoms with Crippen LogP contribution in [0.3, 0.4) is 0 Å². The molecule has 0 N–H and O–H groups in total. The molecular weight excluding hydrogens is 298 g/mol. The molecule has 4 heteroatoms. The first-order valence-corrected chi connectivity index (χ1v) is 7.77. The molecule has 0 saturated heterocycles. The van der Waals surface area contributed by atoms with E-state index in [1.807, 2.05) is 24.1 Å². The minimum Gasteiger partial charge on any atom is -0.342 e. The molecule has 0 unspecified atom stereocenters. The van der Waals surface area contributed by atoms with Crippen LogP contribution in [0.4, 0.5) is 0 Å². The van der Waals surface area contributed by atoms with Gasteiger partial charge < -0.3 is 4.90 Å². The molecule has 0 spiro atoms. The largest absolute Gasteiger partial charge is 0.342 e. The molecule has 0 aromatic carbocycles. The van der Waals surface area contributed by atoms with Crippen LogP contribution in [0.1, 0.15) is 37.0 Å². The number of thiophene rings is 1. The molecule has 0 aliphatic heterocycles. The van der Waals surface area contributed by atoms with Gasteiger partial charge in [-0.2, -0.15) is 0 Å². The van der Waals surface area contributed by atoms with Crippen molar-refractivity contribution < 1.29 is 4.79 Å². The van der Waals surface area contributed by atoms with Crippen molar-refractivity contribution in [1.29, 1.82) is 0 Å². The second kappa shape index (κ2) is 6.01. The van der Waals surface area contributed by atoms with Crippen molar-refractivity contribution >= 4 is 33.2 Å². The number of amides is 1. The third kappa shape index (κ3) is 3.55. The number of carbonyl (C=O) groups is 1. The number of halogens is 1. The number of hydrogen-bond donors (Lipinski definition) is 0. The van der Waals surface area contributed by atoms with Gasteiger partial charge in [0.2, 0.25) is 5.91 Å². The van der Waals surface area contributed by atoms with Gasteiger partial charge in [0, 0.05) is 18.0 Å². The predicted molar refractivity (Wildman–Crippen MR) is 75.4 cm³/mol. The molecule has 1 heterocycles. The highest BCUT2D eigenvalue weighted by Gasteiger charge is 2.22. The molecule has 1 amide bonds. The van der Waals surface area contributed by atoms with Crippen molar-refractivity contribution in [3.8, 4) is 0 Å². The first kappa shape index (κ1) is 13.1.